The van der Waals surface area contributed by atoms with Gasteiger partial charge in [0.05, 0.1) is 18.0 Å². The van der Waals surface area contributed by atoms with Crippen molar-refractivity contribution in [2.75, 3.05) is 37.4 Å². The Morgan fingerprint density at radius 3 is 2.76 bits per heavy atom. The van der Waals surface area contributed by atoms with Gasteiger partial charge in [0.1, 0.15) is 5.75 Å². The number of nitrogens with two attached hydrogens (primary N) is 1. The molecule has 1 heterocycles. The van der Waals surface area contributed by atoms with Gasteiger partial charge in [-0.15, -0.1) is 0 Å². The lowest BCUT2D eigenvalue weighted by Crippen LogP contribution is -2.39. The van der Waals surface area contributed by atoms with Crippen molar-refractivity contribution in [3.8, 4) is 5.75 Å². The van der Waals surface area contributed by atoms with Crippen molar-refractivity contribution in [1.82, 2.24) is 5.32 Å². The zero-order valence-electron chi connectivity index (χ0n) is 12.9. The van der Waals surface area contributed by atoms with Crippen LogP contribution in [0.2, 0.25) is 0 Å². The molecule has 1 aliphatic heterocycles. The molecular weight excluding hydrogens is 266 g/mol. The van der Waals surface area contributed by atoms with E-state index in [1.54, 1.807) is 7.05 Å². The zero-order valence-corrected chi connectivity index (χ0v) is 12.9. The summed E-state index contributed by atoms with van der Waals surface area (Å²) in [6, 6.07) is 5.90. The third-order valence-electron chi connectivity index (χ3n) is 3.96. The monoisotopic (exact) mass is 291 g/mol. The largest absolute Gasteiger partial charge is 0.491 e. The molecule has 0 radical (unpaired) electrons. The number of amides is 1. The predicted molar refractivity (Wildman–Crippen MR) is 85.6 cm³/mol. The second-order valence-electron chi connectivity index (χ2n) is 5.41. The van der Waals surface area contributed by atoms with Crippen molar-refractivity contribution in [1.29, 1.82) is 0 Å². The van der Waals surface area contributed by atoms with E-state index in [2.05, 4.69) is 17.1 Å². The summed E-state index contributed by atoms with van der Waals surface area (Å²) in [6.45, 7) is 4.44. The number of rotatable bonds is 5. The van der Waals surface area contributed by atoms with Crippen LogP contribution in [0.1, 0.15) is 26.2 Å². The lowest BCUT2D eigenvalue weighted by molar-refractivity contribution is -0.125. The third kappa shape index (κ3) is 3.60. The quantitative estimate of drug-likeness (QED) is 0.815. The first-order chi connectivity index (χ1) is 10.2. The number of hydrogen-bond acceptors (Lipinski definition) is 4. The van der Waals surface area contributed by atoms with Crippen molar-refractivity contribution in [2.24, 2.45) is 5.92 Å². The van der Waals surface area contributed by atoms with Crippen LogP contribution in [0.5, 0.6) is 5.75 Å². The summed E-state index contributed by atoms with van der Waals surface area (Å²) >= 11 is 0. The molecule has 1 aromatic rings. The number of anilines is 2. The number of benzene rings is 1. The summed E-state index contributed by atoms with van der Waals surface area (Å²) in [6.07, 6.45) is 2.68. The number of nitrogens with one attached hydrogen (secondary N) is 1. The van der Waals surface area contributed by atoms with Crippen LogP contribution in [0.15, 0.2) is 18.2 Å². The summed E-state index contributed by atoms with van der Waals surface area (Å²) < 4.78 is 5.68. The van der Waals surface area contributed by atoms with Crippen LogP contribution in [-0.2, 0) is 4.79 Å². The molecule has 0 bridgehead atoms. The van der Waals surface area contributed by atoms with E-state index in [0.717, 1.165) is 43.8 Å². The van der Waals surface area contributed by atoms with E-state index in [9.17, 15) is 4.79 Å². The highest BCUT2D eigenvalue weighted by Gasteiger charge is 2.25. The molecule has 1 aliphatic rings. The van der Waals surface area contributed by atoms with Crippen LogP contribution in [0.25, 0.3) is 0 Å². The SMILES string of the molecule is CCCOc1cccc(N2CCC(C(=O)NC)CC2)c1N. The van der Waals surface area contributed by atoms with Crippen LogP contribution in [0, 0.1) is 5.92 Å². The van der Waals surface area contributed by atoms with Gasteiger partial charge in [-0.3, -0.25) is 4.79 Å². The summed E-state index contributed by atoms with van der Waals surface area (Å²) in [7, 11) is 1.70. The minimum atomic E-state index is 0.118. The molecule has 1 aromatic carbocycles. The Bertz CT molecular complexity index is 482. The normalized spacial score (nSPS) is 15.8. The molecule has 21 heavy (non-hydrogen) atoms. The van der Waals surface area contributed by atoms with E-state index in [1.165, 1.54) is 0 Å². The van der Waals surface area contributed by atoms with Crippen LogP contribution in [0.4, 0.5) is 11.4 Å². The molecule has 3 N–H and O–H groups in total. The molecule has 0 saturated carbocycles. The van der Waals surface area contributed by atoms with Gasteiger partial charge < -0.3 is 20.7 Å². The molecular formula is C16H25N3O2. The van der Waals surface area contributed by atoms with Crippen molar-refractivity contribution in [3.63, 3.8) is 0 Å². The first-order valence-corrected chi connectivity index (χ1v) is 7.65. The van der Waals surface area contributed by atoms with E-state index in [4.69, 9.17) is 10.5 Å². The molecule has 1 fully saturated rings. The van der Waals surface area contributed by atoms with E-state index in [0.29, 0.717) is 12.3 Å². The number of ether oxygens (including phenoxy) is 1. The highest BCUT2D eigenvalue weighted by Crippen LogP contribution is 2.34. The maximum Gasteiger partial charge on any atom is 0.222 e. The number of carbonyl (C=O) groups is 1. The Kier molecular flexibility index (Phi) is 5.31. The van der Waals surface area contributed by atoms with E-state index in [-0.39, 0.29) is 11.8 Å². The first-order valence-electron chi connectivity index (χ1n) is 7.65. The van der Waals surface area contributed by atoms with Crippen molar-refractivity contribution < 1.29 is 9.53 Å². The lowest BCUT2D eigenvalue weighted by atomic mass is 9.95. The number of carbonyl (C=O) groups excluding carboxylic acids is 1. The topological polar surface area (TPSA) is 67.6 Å². The van der Waals surface area contributed by atoms with Gasteiger partial charge in [-0.2, -0.15) is 0 Å². The molecule has 5 heteroatoms. The summed E-state index contributed by atoms with van der Waals surface area (Å²) in [4.78, 5) is 13.9. The second-order valence-corrected chi connectivity index (χ2v) is 5.41. The van der Waals surface area contributed by atoms with E-state index in [1.807, 2.05) is 18.2 Å². The summed E-state index contributed by atoms with van der Waals surface area (Å²) in [5.41, 5.74) is 7.94. The number of hydrogen-bond donors (Lipinski definition) is 2. The number of nitrogen functional groups attached to an aromatic ring is 1. The van der Waals surface area contributed by atoms with Gasteiger partial charge in [0.2, 0.25) is 5.91 Å². The summed E-state index contributed by atoms with van der Waals surface area (Å²) in [5, 5.41) is 2.73. The predicted octanol–water partition coefficient (Wildman–Crippen LogP) is 2.02. The van der Waals surface area contributed by atoms with Gasteiger partial charge in [0.15, 0.2) is 0 Å². The molecule has 0 aromatic heterocycles. The Morgan fingerprint density at radius 2 is 2.14 bits per heavy atom. The molecule has 116 valence electrons. The molecule has 0 atom stereocenters. The van der Waals surface area contributed by atoms with Gasteiger partial charge in [0.25, 0.3) is 0 Å². The lowest BCUT2D eigenvalue weighted by Gasteiger charge is -2.33. The Balaban J connectivity index is 2.04. The maximum atomic E-state index is 11.7. The zero-order chi connectivity index (χ0) is 15.2. The fraction of sp³-hybridized carbons (Fsp3) is 0.562. The van der Waals surface area contributed by atoms with Gasteiger partial charge in [-0.05, 0) is 31.4 Å². The number of piperidine rings is 1. The minimum Gasteiger partial charge on any atom is -0.491 e. The van der Waals surface area contributed by atoms with Crippen LogP contribution >= 0.6 is 0 Å². The van der Waals surface area contributed by atoms with Crippen LogP contribution < -0.4 is 20.7 Å². The molecule has 2 rings (SSSR count). The smallest absolute Gasteiger partial charge is 0.222 e. The van der Waals surface area contributed by atoms with Gasteiger partial charge in [0, 0.05) is 26.1 Å². The molecule has 0 spiro atoms. The maximum absolute atomic E-state index is 11.7. The fourth-order valence-electron chi connectivity index (χ4n) is 2.73. The Labute approximate surface area is 126 Å². The number of para-hydroxylation sites is 1. The van der Waals surface area contributed by atoms with Gasteiger partial charge in [-0.25, -0.2) is 0 Å². The van der Waals surface area contributed by atoms with Crippen LogP contribution in [-0.4, -0.2) is 32.7 Å². The number of nitrogens with zero attached hydrogens (tertiary/aromatic N) is 1. The standard InChI is InChI=1S/C16H25N3O2/c1-3-11-21-14-6-4-5-13(15(14)17)19-9-7-12(8-10-19)16(20)18-2/h4-6,12H,3,7-11,17H2,1-2H3,(H,18,20). The third-order valence-corrected chi connectivity index (χ3v) is 3.96. The van der Waals surface area contributed by atoms with E-state index >= 15 is 0 Å². The summed E-state index contributed by atoms with van der Waals surface area (Å²) in [5.74, 6) is 1.01. The van der Waals surface area contributed by atoms with Crippen molar-refractivity contribution >= 4 is 17.3 Å². The average molecular weight is 291 g/mol. The van der Waals surface area contributed by atoms with Crippen molar-refractivity contribution in [3.05, 3.63) is 18.2 Å². The molecule has 0 aliphatic carbocycles. The van der Waals surface area contributed by atoms with Crippen LogP contribution in [0.3, 0.4) is 0 Å². The molecule has 0 unspecified atom stereocenters. The minimum absolute atomic E-state index is 0.118. The molecule has 5 nitrogen and oxygen atoms in total. The Hall–Kier alpha value is -1.91. The first kappa shape index (κ1) is 15.5. The average Bonchev–Trinajstić information content (AvgIpc) is 2.53. The fourth-order valence-corrected chi connectivity index (χ4v) is 2.73. The molecule has 1 amide bonds. The highest BCUT2D eigenvalue weighted by atomic mass is 16.5. The Morgan fingerprint density at radius 1 is 1.43 bits per heavy atom. The van der Waals surface area contributed by atoms with E-state index < -0.39 is 0 Å². The highest BCUT2D eigenvalue weighted by molar-refractivity contribution is 5.79. The van der Waals surface area contributed by atoms with Gasteiger partial charge in [-0.1, -0.05) is 13.0 Å². The molecule has 1 saturated heterocycles. The van der Waals surface area contributed by atoms with Crippen molar-refractivity contribution in [2.45, 2.75) is 26.2 Å². The van der Waals surface area contributed by atoms with Gasteiger partial charge >= 0.3 is 0 Å². The second kappa shape index (κ2) is 7.20.